The number of carbonyl (C=O) groups is 1. The standard InChI is InChI=1S/C25H24FN3O4S2/c1-16(2)29-22-13-12-19(14-23(22)34-25(29)31)27-24(30)18-10-8-17(9-11-18)15-28(35(3,32)33)21-7-5-4-6-20(21)26/h4-14,16H,15H2,1-3H3,(H,27,30). The molecule has 1 heterocycles. The van der Waals surface area contributed by atoms with Gasteiger partial charge in [0.25, 0.3) is 5.91 Å². The lowest BCUT2D eigenvalue weighted by molar-refractivity contribution is 0.102. The van der Waals surface area contributed by atoms with Crippen LogP contribution in [0.15, 0.2) is 71.5 Å². The number of hydrogen-bond donors (Lipinski definition) is 1. The summed E-state index contributed by atoms with van der Waals surface area (Å²) in [7, 11) is -3.74. The Morgan fingerprint density at radius 2 is 1.77 bits per heavy atom. The van der Waals surface area contributed by atoms with Gasteiger partial charge in [0, 0.05) is 17.3 Å². The fourth-order valence-electron chi connectivity index (χ4n) is 3.77. The molecule has 0 fully saturated rings. The molecule has 3 aromatic carbocycles. The number of benzene rings is 3. The second-order valence-electron chi connectivity index (χ2n) is 8.39. The van der Waals surface area contributed by atoms with Gasteiger partial charge in [-0.15, -0.1) is 0 Å². The van der Waals surface area contributed by atoms with Crippen molar-refractivity contribution in [3.8, 4) is 0 Å². The maximum absolute atomic E-state index is 14.2. The van der Waals surface area contributed by atoms with Crippen LogP contribution in [0.3, 0.4) is 0 Å². The van der Waals surface area contributed by atoms with E-state index >= 15 is 0 Å². The number of hydrogen-bond acceptors (Lipinski definition) is 5. The maximum atomic E-state index is 14.2. The van der Waals surface area contributed by atoms with Gasteiger partial charge >= 0.3 is 4.87 Å². The molecule has 0 saturated carbocycles. The fourth-order valence-corrected chi connectivity index (χ4v) is 5.71. The van der Waals surface area contributed by atoms with Gasteiger partial charge in [-0.25, -0.2) is 12.8 Å². The van der Waals surface area contributed by atoms with Crippen LogP contribution < -0.4 is 14.5 Å². The first-order valence-corrected chi connectivity index (χ1v) is 13.5. The summed E-state index contributed by atoms with van der Waals surface area (Å²) >= 11 is 1.13. The molecule has 1 amide bonds. The van der Waals surface area contributed by atoms with Crippen molar-refractivity contribution in [2.24, 2.45) is 0 Å². The topological polar surface area (TPSA) is 88.5 Å². The highest BCUT2D eigenvalue weighted by atomic mass is 32.2. The molecule has 0 aliphatic rings. The molecule has 1 aromatic heterocycles. The molecule has 0 atom stereocenters. The van der Waals surface area contributed by atoms with Gasteiger partial charge in [0.1, 0.15) is 5.82 Å². The Kier molecular flexibility index (Phi) is 6.77. The second kappa shape index (κ2) is 9.63. The minimum absolute atomic E-state index is 0.0345. The van der Waals surface area contributed by atoms with Crippen LogP contribution in [0, 0.1) is 5.82 Å². The van der Waals surface area contributed by atoms with E-state index in [9.17, 15) is 22.4 Å². The summed E-state index contributed by atoms with van der Waals surface area (Å²) in [5.41, 5.74) is 2.31. The second-order valence-corrected chi connectivity index (χ2v) is 11.3. The summed E-state index contributed by atoms with van der Waals surface area (Å²) in [4.78, 5) is 25.0. The van der Waals surface area contributed by atoms with E-state index in [0.29, 0.717) is 16.8 Å². The molecule has 10 heteroatoms. The summed E-state index contributed by atoms with van der Waals surface area (Å²) in [6.45, 7) is 3.81. The lowest BCUT2D eigenvalue weighted by Gasteiger charge is -2.23. The van der Waals surface area contributed by atoms with Gasteiger partial charge in [0.15, 0.2) is 0 Å². The van der Waals surface area contributed by atoms with Crippen LogP contribution in [0.4, 0.5) is 15.8 Å². The van der Waals surface area contributed by atoms with Gasteiger partial charge in [-0.3, -0.25) is 18.5 Å². The number of halogens is 1. The van der Waals surface area contributed by atoms with Crippen molar-refractivity contribution in [2.45, 2.75) is 26.4 Å². The number of sulfonamides is 1. The van der Waals surface area contributed by atoms with E-state index in [0.717, 1.165) is 32.1 Å². The molecule has 0 saturated heterocycles. The summed E-state index contributed by atoms with van der Waals surface area (Å²) in [6.07, 6.45) is 1.02. The van der Waals surface area contributed by atoms with Gasteiger partial charge in [0.05, 0.1) is 28.7 Å². The minimum Gasteiger partial charge on any atom is -0.322 e. The Morgan fingerprint density at radius 3 is 2.40 bits per heavy atom. The molecular weight excluding hydrogens is 489 g/mol. The number of rotatable bonds is 7. The van der Waals surface area contributed by atoms with E-state index in [4.69, 9.17) is 0 Å². The number of fused-ring (bicyclic) bond motifs is 1. The zero-order valence-corrected chi connectivity index (χ0v) is 21.0. The molecule has 0 bridgehead atoms. The average molecular weight is 514 g/mol. The summed E-state index contributed by atoms with van der Waals surface area (Å²) in [5.74, 6) is -0.986. The predicted octanol–water partition coefficient (Wildman–Crippen LogP) is 5.00. The number of para-hydroxylation sites is 1. The van der Waals surface area contributed by atoms with E-state index in [1.165, 1.54) is 18.2 Å². The minimum atomic E-state index is -3.74. The number of nitrogens with zero attached hydrogens (tertiary/aromatic N) is 2. The zero-order chi connectivity index (χ0) is 25.3. The van der Waals surface area contributed by atoms with Crippen molar-refractivity contribution in [1.29, 1.82) is 0 Å². The third kappa shape index (κ3) is 5.28. The number of amides is 1. The fraction of sp³-hybridized carbons (Fsp3) is 0.200. The van der Waals surface area contributed by atoms with Gasteiger partial charge in [0.2, 0.25) is 10.0 Å². The number of aromatic nitrogens is 1. The zero-order valence-electron chi connectivity index (χ0n) is 19.4. The van der Waals surface area contributed by atoms with Gasteiger partial charge in [-0.05, 0) is 61.9 Å². The molecule has 0 radical (unpaired) electrons. The quantitative estimate of drug-likeness (QED) is 0.377. The van der Waals surface area contributed by atoms with Crippen molar-refractivity contribution in [3.05, 3.63) is 93.3 Å². The van der Waals surface area contributed by atoms with E-state index in [1.54, 1.807) is 47.0 Å². The van der Waals surface area contributed by atoms with Gasteiger partial charge < -0.3 is 5.32 Å². The molecule has 0 aliphatic carbocycles. The summed E-state index contributed by atoms with van der Waals surface area (Å²) in [6, 6.07) is 17.5. The maximum Gasteiger partial charge on any atom is 0.308 e. The third-order valence-electron chi connectivity index (χ3n) is 5.45. The Balaban J connectivity index is 1.52. The first-order valence-electron chi connectivity index (χ1n) is 10.8. The molecule has 0 unspecified atom stereocenters. The Morgan fingerprint density at radius 1 is 1.09 bits per heavy atom. The van der Waals surface area contributed by atoms with Crippen molar-refractivity contribution in [2.75, 3.05) is 15.9 Å². The smallest absolute Gasteiger partial charge is 0.308 e. The molecule has 35 heavy (non-hydrogen) atoms. The highest BCUT2D eigenvalue weighted by Crippen LogP contribution is 2.26. The Hall–Kier alpha value is -3.50. The van der Waals surface area contributed by atoms with Crippen molar-refractivity contribution >= 4 is 48.9 Å². The number of anilines is 2. The number of thiazole rings is 1. The molecule has 1 N–H and O–H groups in total. The summed E-state index contributed by atoms with van der Waals surface area (Å²) in [5, 5.41) is 2.83. The van der Waals surface area contributed by atoms with Crippen LogP contribution in [0.25, 0.3) is 10.2 Å². The van der Waals surface area contributed by atoms with E-state index in [2.05, 4.69) is 5.32 Å². The van der Waals surface area contributed by atoms with Crippen LogP contribution >= 0.6 is 11.3 Å². The molecule has 7 nitrogen and oxygen atoms in total. The lowest BCUT2D eigenvalue weighted by atomic mass is 10.1. The van der Waals surface area contributed by atoms with Crippen LogP contribution in [0.5, 0.6) is 0 Å². The number of carbonyl (C=O) groups excluding carboxylic acids is 1. The molecule has 182 valence electrons. The number of nitrogens with one attached hydrogen (secondary N) is 1. The van der Waals surface area contributed by atoms with Crippen LogP contribution in [0.2, 0.25) is 0 Å². The average Bonchev–Trinajstić information content (AvgIpc) is 3.13. The van der Waals surface area contributed by atoms with Gasteiger partial charge in [-0.2, -0.15) is 0 Å². The molecule has 0 aliphatic heterocycles. The van der Waals surface area contributed by atoms with Crippen molar-refractivity contribution < 1.29 is 17.6 Å². The molecule has 4 rings (SSSR count). The highest BCUT2D eigenvalue weighted by molar-refractivity contribution is 7.92. The SMILES string of the molecule is CC(C)n1c(=O)sc2cc(NC(=O)c3ccc(CN(c4ccccc4F)S(C)(=O)=O)cc3)ccc21. The Bertz CT molecular complexity index is 1560. The van der Waals surface area contributed by atoms with Crippen LogP contribution in [-0.4, -0.2) is 25.1 Å². The normalized spacial score (nSPS) is 11.7. The largest absolute Gasteiger partial charge is 0.322 e. The first-order chi connectivity index (χ1) is 16.5. The predicted molar refractivity (Wildman–Crippen MR) is 138 cm³/mol. The van der Waals surface area contributed by atoms with Crippen LogP contribution in [-0.2, 0) is 16.6 Å². The van der Waals surface area contributed by atoms with Crippen molar-refractivity contribution in [1.82, 2.24) is 4.57 Å². The Labute approximate surface area is 206 Å². The van der Waals surface area contributed by atoms with Crippen LogP contribution in [0.1, 0.15) is 35.8 Å². The van der Waals surface area contributed by atoms with E-state index < -0.39 is 15.8 Å². The van der Waals surface area contributed by atoms with Crippen molar-refractivity contribution in [3.63, 3.8) is 0 Å². The van der Waals surface area contributed by atoms with E-state index in [1.807, 2.05) is 19.9 Å². The van der Waals surface area contributed by atoms with E-state index in [-0.39, 0.29) is 29.1 Å². The molecule has 0 spiro atoms. The monoisotopic (exact) mass is 513 g/mol. The summed E-state index contributed by atoms with van der Waals surface area (Å²) < 4.78 is 42.3. The van der Waals surface area contributed by atoms with Gasteiger partial charge in [-0.1, -0.05) is 35.6 Å². The third-order valence-corrected chi connectivity index (χ3v) is 7.50. The molecule has 4 aromatic rings. The first kappa shape index (κ1) is 24.6. The molecular formula is C25H24FN3O4S2. The lowest BCUT2D eigenvalue weighted by Crippen LogP contribution is -2.30. The highest BCUT2D eigenvalue weighted by Gasteiger charge is 2.21.